The first-order valence-corrected chi connectivity index (χ1v) is 12.4. The summed E-state index contributed by atoms with van der Waals surface area (Å²) in [6.07, 6.45) is 2.95. The number of benzene rings is 5. The third-order valence-corrected chi connectivity index (χ3v) is 6.90. The molecule has 0 saturated carbocycles. The van der Waals surface area contributed by atoms with Crippen LogP contribution in [0.3, 0.4) is 0 Å². The van der Waals surface area contributed by atoms with Crippen LogP contribution in [0.15, 0.2) is 103 Å². The minimum absolute atomic E-state index is 0.572. The Morgan fingerprint density at radius 1 is 0.667 bits per heavy atom. The Kier molecular flexibility index (Phi) is 5.47. The topological polar surface area (TPSA) is 36.7 Å². The Hall–Kier alpha value is -4.48. The Labute approximate surface area is 211 Å². The smallest absolute Gasteiger partial charge is 0.0991 e. The lowest BCUT2D eigenvalue weighted by Crippen LogP contribution is -1.96. The lowest BCUT2D eigenvalue weighted by atomic mass is 9.91. The van der Waals surface area contributed by atoms with Crippen molar-refractivity contribution in [2.45, 2.75) is 20.3 Å². The molecular formula is C34H26N2. The molecule has 0 spiro atoms. The van der Waals surface area contributed by atoms with Crippen LogP contribution in [-0.4, -0.2) is 4.98 Å². The van der Waals surface area contributed by atoms with Gasteiger partial charge in [0.05, 0.1) is 17.3 Å². The van der Waals surface area contributed by atoms with E-state index in [4.69, 9.17) is 4.98 Å². The van der Waals surface area contributed by atoms with Crippen molar-refractivity contribution >= 4 is 32.3 Å². The summed E-state index contributed by atoms with van der Waals surface area (Å²) in [6, 6.07) is 36.5. The third kappa shape index (κ3) is 3.89. The monoisotopic (exact) mass is 462 g/mol. The molecule has 6 rings (SSSR count). The molecule has 0 amide bonds. The van der Waals surface area contributed by atoms with Gasteiger partial charge in [-0.2, -0.15) is 5.26 Å². The minimum atomic E-state index is 0.572. The quantitative estimate of drug-likeness (QED) is 0.245. The fourth-order valence-corrected chi connectivity index (χ4v) is 5.33. The van der Waals surface area contributed by atoms with E-state index in [2.05, 4.69) is 105 Å². The maximum atomic E-state index is 9.29. The summed E-state index contributed by atoms with van der Waals surface area (Å²) in [5.74, 6) is 0.572. The molecule has 0 aliphatic carbocycles. The molecule has 0 bridgehead atoms. The van der Waals surface area contributed by atoms with Crippen LogP contribution in [0.1, 0.15) is 25.0 Å². The molecule has 0 radical (unpaired) electrons. The van der Waals surface area contributed by atoms with Crippen molar-refractivity contribution in [2.75, 3.05) is 0 Å². The molecule has 1 aromatic heterocycles. The maximum absolute atomic E-state index is 9.29. The zero-order valence-electron chi connectivity index (χ0n) is 20.5. The predicted octanol–water partition coefficient (Wildman–Crippen LogP) is 8.95. The van der Waals surface area contributed by atoms with E-state index in [1.54, 1.807) is 0 Å². The van der Waals surface area contributed by atoms with Crippen LogP contribution in [0.2, 0.25) is 0 Å². The van der Waals surface area contributed by atoms with Crippen LogP contribution in [-0.2, 0) is 6.42 Å². The van der Waals surface area contributed by atoms with Crippen molar-refractivity contribution in [1.82, 2.24) is 4.98 Å². The molecule has 0 unspecified atom stereocenters. The van der Waals surface area contributed by atoms with Gasteiger partial charge in [0, 0.05) is 17.1 Å². The third-order valence-electron chi connectivity index (χ3n) is 6.90. The molecule has 5 aromatic carbocycles. The molecule has 0 N–H and O–H groups in total. The highest BCUT2D eigenvalue weighted by molar-refractivity contribution is 6.19. The number of hydrogen-bond acceptors (Lipinski definition) is 2. The second-order valence-corrected chi connectivity index (χ2v) is 9.91. The molecule has 2 nitrogen and oxygen atoms in total. The largest absolute Gasteiger partial charge is 0.256 e. The van der Waals surface area contributed by atoms with Crippen LogP contribution in [0.5, 0.6) is 0 Å². The van der Waals surface area contributed by atoms with Gasteiger partial charge in [0.25, 0.3) is 0 Å². The van der Waals surface area contributed by atoms with Crippen LogP contribution in [0.4, 0.5) is 0 Å². The fraction of sp³-hybridized carbons (Fsp3) is 0.118. The number of nitriles is 1. The summed E-state index contributed by atoms with van der Waals surface area (Å²) in [5, 5.41) is 16.3. The van der Waals surface area contributed by atoms with Crippen molar-refractivity contribution < 1.29 is 0 Å². The van der Waals surface area contributed by atoms with Crippen LogP contribution >= 0.6 is 0 Å². The number of pyridine rings is 1. The number of hydrogen-bond donors (Lipinski definition) is 0. The van der Waals surface area contributed by atoms with Crippen molar-refractivity contribution in [1.29, 1.82) is 5.26 Å². The zero-order valence-corrected chi connectivity index (χ0v) is 20.5. The van der Waals surface area contributed by atoms with Gasteiger partial charge in [-0.15, -0.1) is 0 Å². The highest BCUT2D eigenvalue weighted by Gasteiger charge is 2.13. The lowest BCUT2D eigenvalue weighted by Gasteiger charge is -2.14. The summed E-state index contributed by atoms with van der Waals surface area (Å²) in [7, 11) is 0. The number of fused-ring (bicyclic) bond motifs is 5. The van der Waals surface area contributed by atoms with Crippen molar-refractivity contribution in [2.24, 2.45) is 5.92 Å². The Morgan fingerprint density at radius 2 is 1.36 bits per heavy atom. The molecule has 0 fully saturated rings. The van der Waals surface area contributed by atoms with Gasteiger partial charge in [0.1, 0.15) is 0 Å². The summed E-state index contributed by atoms with van der Waals surface area (Å²) < 4.78 is 0. The number of aromatic nitrogens is 1. The average Bonchev–Trinajstić information content (AvgIpc) is 2.91. The fourth-order valence-electron chi connectivity index (χ4n) is 5.33. The Balaban J connectivity index is 1.58. The SMILES string of the molecule is CC(C)Cc1cc(-c2ccccc2)cc(-c2nccc3c2ccc2c4ccc(C#N)cc4ccc32)c1. The maximum Gasteiger partial charge on any atom is 0.0991 e. The molecule has 172 valence electrons. The van der Waals surface area contributed by atoms with E-state index < -0.39 is 0 Å². The second kappa shape index (κ2) is 8.95. The lowest BCUT2D eigenvalue weighted by molar-refractivity contribution is 0.647. The summed E-state index contributed by atoms with van der Waals surface area (Å²) >= 11 is 0. The molecule has 0 saturated heterocycles. The number of nitrogens with zero attached hydrogens (tertiary/aromatic N) is 2. The normalized spacial score (nSPS) is 11.4. The predicted molar refractivity (Wildman–Crippen MR) is 151 cm³/mol. The van der Waals surface area contributed by atoms with E-state index in [1.165, 1.54) is 32.8 Å². The van der Waals surface area contributed by atoms with Crippen molar-refractivity contribution in [3.05, 3.63) is 114 Å². The molecule has 1 heterocycles. The van der Waals surface area contributed by atoms with Crippen LogP contribution < -0.4 is 0 Å². The Bertz CT molecular complexity index is 1790. The molecule has 0 atom stereocenters. The molecule has 2 heteroatoms. The summed E-state index contributed by atoms with van der Waals surface area (Å²) in [4.78, 5) is 4.89. The summed E-state index contributed by atoms with van der Waals surface area (Å²) in [6.45, 7) is 4.53. The molecule has 0 aliphatic rings. The van der Waals surface area contributed by atoms with Gasteiger partial charge in [-0.05, 0) is 86.3 Å². The van der Waals surface area contributed by atoms with Gasteiger partial charge in [-0.25, -0.2) is 0 Å². The van der Waals surface area contributed by atoms with Gasteiger partial charge in [0.15, 0.2) is 0 Å². The second-order valence-electron chi connectivity index (χ2n) is 9.91. The minimum Gasteiger partial charge on any atom is -0.256 e. The molecule has 6 aromatic rings. The first-order valence-electron chi connectivity index (χ1n) is 12.4. The van der Waals surface area contributed by atoms with E-state index in [-0.39, 0.29) is 0 Å². The van der Waals surface area contributed by atoms with Gasteiger partial charge in [0.2, 0.25) is 0 Å². The number of rotatable bonds is 4. The van der Waals surface area contributed by atoms with Crippen LogP contribution in [0, 0.1) is 17.2 Å². The van der Waals surface area contributed by atoms with Gasteiger partial charge in [-0.3, -0.25) is 4.98 Å². The zero-order chi connectivity index (χ0) is 24.6. The summed E-state index contributed by atoms with van der Waals surface area (Å²) in [5.41, 5.74) is 6.62. The van der Waals surface area contributed by atoms with Crippen molar-refractivity contribution in [3.63, 3.8) is 0 Å². The molecule has 0 aliphatic heterocycles. The van der Waals surface area contributed by atoms with E-state index in [9.17, 15) is 5.26 Å². The van der Waals surface area contributed by atoms with Crippen LogP contribution in [0.25, 0.3) is 54.7 Å². The first kappa shape index (κ1) is 22.0. The van der Waals surface area contributed by atoms with E-state index >= 15 is 0 Å². The average molecular weight is 463 g/mol. The first-order chi connectivity index (χ1) is 17.6. The van der Waals surface area contributed by atoms with Crippen molar-refractivity contribution in [3.8, 4) is 28.5 Å². The molecule has 36 heavy (non-hydrogen) atoms. The highest BCUT2D eigenvalue weighted by atomic mass is 14.7. The standard InChI is InChI=1S/C34H26N2/c1-22(2)16-24-18-27(25-6-4-3-5-7-25)20-28(19-24)34-33-13-12-30-29-10-8-23(21-35)17-26(29)9-11-31(30)32(33)14-15-36-34/h3-15,17-20,22H,16H2,1-2H3. The molecular weight excluding hydrogens is 436 g/mol. The van der Waals surface area contributed by atoms with Gasteiger partial charge >= 0.3 is 0 Å². The van der Waals surface area contributed by atoms with E-state index in [1.807, 2.05) is 18.3 Å². The van der Waals surface area contributed by atoms with E-state index in [0.717, 1.165) is 33.8 Å². The Morgan fingerprint density at radius 3 is 2.17 bits per heavy atom. The van der Waals surface area contributed by atoms with Gasteiger partial charge in [-0.1, -0.05) is 80.6 Å². The highest BCUT2D eigenvalue weighted by Crippen LogP contribution is 2.37. The van der Waals surface area contributed by atoms with E-state index in [0.29, 0.717) is 11.5 Å². The van der Waals surface area contributed by atoms with Gasteiger partial charge < -0.3 is 0 Å².